The highest BCUT2D eigenvalue weighted by Gasteiger charge is 2.26. The van der Waals surface area contributed by atoms with E-state index in [-0.39, 0.29) is 0 Å². The van der Waals surface area contributed by atoms with Crippen molar-refractivity contribution in [3.8, 4) is 22.3 Å². The van der Waals surface area contributed by atoms with E-state index in [0.29, 0.717) is 0 Å². The van der Waals surface area contributed by atoms with E-state index in [4.69, 9.17) is 18.8 Å². The molecule has 0 saturated heterocycles. The van der Waals surface area contributed by atoms with Crippen LogP contribution in [-0.2, 0) is 0 Å². The fourth-order valence-electron chi connectivity index (χ4n) is 8.76. The lowest BCUT2D eigenvalue weighted by Crippen LogP contribution is -2.36. The van der Waals surface area contributed by atoms with Crippen molar-refractivity contribution >= 4 is 77.1 Å². The van der Waals surface area contributed by atoms with Gasteiger partial charge in [-0.2, -0.15) is 0 Å². The van der Waals surface area contributed by atoms with Crippen molar-refractivity contribution in [3.63, 3.8) is 0 Å². The zero-order valence-electron chi connectivity index (χ0n) is 31.2. The number of para-hydroxylation sites is 2. The fraction of sp³-hybridized carbons (Fsp3) is 0.0189. The van der Waals surface area contributed by atoms with Crippen LogP contribution in [0.4, 0.5) is 0 Å². The van der Waals surface area contributed by atoms with Crippen molar-refractivity contribution < 1.29 is 8.83 Å². The molecule has 0 radical (unpaired) electrons. The molecule has 9 aromatic carbocycles. The van der Waals surface area contributed by atoms with Crippen molar-refractivity contribution in [2.75, 3.05) is 0 Å². The van der Waals surface area contributed by atoms with Crippen LogP contribution in [0.25, 0.3) is 87.7 Å². The SMILES string of the molecule is c1ccc(-c2ccc(-c3cc(C4N=C(c5ccc6ccccc6c5)NC(c5ccc6c(c5)oc5ccccc56)=N4)c4c(c3)oc3ccccc34)c3ccccc23)cc1. The number of rotatable bonds is 5. The molecule has 11 aromatic rings. The number of amidine groups is 2. The van der Waals surface area contributed by atoms with Gasteiger partial charge in [0.2, 0.25) is 0 Å². The monoisotopic (exact) mass is 743 g/mol. The van der Waals surface area contributed by atoms with Crippen LogP contribution >= 0.6 is 0 Å². The molecule has 0 bridgehead atoms. The minimum atomic E-state index is -0.595. The second-order valence-electron chi connectivity index (χ2n) is 14.9. The average Bonchev–Trinajstić information content (AvgIpc) is 3.86. The first-order valence-corrected chi connectivity index (χ1v) is 19.6. The third-order valence-corrected chi connectivity index (χ3v) is 11.5. The largest absolute Gasteiger partial charge is 0.456 e. The number of aliphatic imine (C=N–C) groups is 2. The summed E-state index contributed by atoms with van der Waals surface area (Å²) in [4.78, 5) is 10.9. The highest BCUT2D eigenvalue weighted by molar-refractivity contribution is 6.18. The van der Waals surface area contributed by atoms with Gasteiger partial charge in [0, 0.05) is 38.2 Å². The van der Waals surface area contributed by atoms with Crippen LogP contribution in [0.5, 0.6) is 0 Å². The molecule has 1 unspecified atom stereocenters. The Balaban J connectivity index is 1.09. The van der Waals surface area contributed by atoms with Crippen molar-refractivity contribution in [2.45, 2.75) is 6.17 Å². The van der Waals surface area contributed by atoms with E-state index >= 15 is 0 Å². The molecule has 0 amide bonds. The van der Waals surface area contributed by atoms with E-state index in [0.717, 1.165) is 88.8 Å². The van der Waals surface area contributed by atoms with Gasteiger partial charge in [0.25, 0.3) is 0 Å². The van der Waals surface area contributed by atoms with E-state index in [2.05, 4.69) is 163 Å². The number of nitrogens with zero attached hydrogens (tertiary/aromatic N) is 2. The Morgan fingerprint density at radius 3 is 1.69 bits per heavy atom. The molecule has 5 heteroatoms. The molecule has 272 valence electrons. The standard InChI is InChI=1S/C53H33N3O2/c1-2-13-33(14-3-1)38-26-27-39(41-17-7-6-16-40(38)41)37-29-45(50-44-19-9-11-21-47(44)58-49(50)31-37)53-55-51(35-23-22-32-12-4-5-15-34(32)28-35)54-52(56-53)36-24-25-43-42-18-8-10-20-46(42)57-48(43)30-36/h1-31,53H,(H,54,55,56). The zero-order chi connectivity index (χ0) is 38.2. The molecule has 12 rings (SSSR count). The predicted molar refractivity (Wildman–Crippen MR) is 239 cm³/mol. The van der Waals surface area contributed by atoms with Crippen LogP contribution in [0, 0.1) is 0 Å². The maximum Gasteiger partial charge on any atom is 0.170 e. The Bertz CT molecular complexity index is 3500. The van der Waals surface area contributed by atoms with Crippen LogP contribution in [-0.4, -0.2) is 11.7 Å². The summed E-state index contributed by atoms with van der Waals surface area (Å²) in [5.41, 5.74) is 10.7. The van der Waals surface area contributed by atoms with E-state index < -0.39 is 6.17 Å². The summed E-state index contributed by atoms with van der Waals surface area (Å²) in [6.45, 7) is 0. The van der Waals surface area contributed by atoms with Gasteiger partial charge in [-0.1, -0.05) is 146 Å². The molecule has 0 fully saturated rings. The number of hydrogen-bond donors (Lipinski definition) is 1. The Hall–Kier alpha value is -7.76. The highest BCUT2D eigenvalue weighted by Crippen LogP contribution is 2.43. The Labute approximate surface area is 333 Å². The molecule has 1 aliphatic rings. The summed E-state index contributed by atoms with van der Waals surface area (Å²) >= 11 is 0. The number of furan rings is 2. The van der Waals surface area contributed by atoms with Crippen molar-refractivity contribution in [2.24, 2.45) is 9.98 Å². The molecular formula is C53H33N3O2. The lowest BCUT2D eigenvalue weighted by molar-refractivity contribution is 0.668. The molecule has 1 atom stereocenters. The van der Waals surface area contributed by atoms with E-state index in [1.165, 1.54) is 27.3 Å². The first kappa shape index (κ1) is 32.5. The predicted octanol–water partition coefficient (Wildman–Crippen LogP) is 13.6. The highest BCUT2D eigenvalue weighted by atomic mass is 16.3. The van der Waals surface area contributed by atoms with Crippen molar-refractivity contribution in [3.05, 3.63) is 205 Å². The molecule has 0 saturated carbocycles. The van der Waals surface area contributed by atoms with Crippen LogP contribution in [0.1, 0.15) is 22.9 Å². The quantitative estimate of drug-likeness (QED) is 0.191. The maximum absolute atomic E-state index is 6.67. The van der Waals surface area contributed by atoms with Gasteiger partial charge >= 0.3 is 0 Å². The molecule has 5 nitrogen and oxygen atoms in total. The summed E-state index contributed by atoms with van der Waals surface area (Å²) in [6, 6.07) is 65.8. The lowest BCUT2D eigenvalue weighted by Gasteiger charge is -2.23. The second kappa shape index (κ2) is 12.9. The molecular weight excluding hydrogens is 711 g/mol. The molecule has 1 aliphatic heterocycles. The Morgan fingerprint density at radius 2 is 0.914 bits per heavy atom. The molecule has 0 aliphatic carbocycles. The summed E-state index contributed by atoms with van der Waals surface area (Å²) in [5, 5.41) is 12.5. The van der Waals surface area contributed by atoms with Gasteiger partial charge < -0.3 is 14.2 Å². The summed E-state index contributed by atoms with van der Waals surface area (Å²) in [6.07, 6.45) is -0.595. The van der Waals surface area contributed by atoms with E-state index in [1.54, 1.807) is 0 Å². The molecule has 2 aromatic heterocycles. The number of nitrogens with one attached hydrogen (secondary N) is 1. The van der Waals surface area contributed by atoms with Gasteiger partial charge in [0.15, 0.2) is 6.17 Å². The third kappa shape index (κ3) is 5.25. The van der Waals surface area contributed by atoms with E-state index in [1.807, 2.05) is 30.3 Å². The van der Waals surface area contributed by atoms with Crippen LogP contribution in [0.2, 0.25) is 0 Å². The minimum absolute atomic E-state index is 0.595. The fourth-order valence-corrected chi connectivity index (χ4v) is 8.76. The summed E-state index contributed by atoms with van der Waals surface area (Å²) in [7, 11) is 0. The van der Waals surface area contributed by atoms with Gasteiger partial charge in [-0.15, -0.1) is 0 Å². The minimum Gasteiger partial charge on any atom is -0.456 e. The van der Waals surface area contributed by atoms with Crippen molar-refractivity contribution in [1.29, 1.82) is 0 Å². The van der Waals surface area contributed by atoms with Crippen LogP contribution in [0.15, 0.2) is 207 Å². The second-order valence-corrected chi connectivity index (χ2v) is 14.9. The topological polar surface area (TPSA) is 63.0 Å². The Kier molecular flexibility index (Phi) is 7.23. The normalized spacial score (nSPS) is 14.4. The van der Waals surface area contributed by atoms with Gasteiger partial charge in [0.05, 0.1) is 0 Å². The molecule has 3 heterocycles. The third-order valence-electron chi connectivity index (χ3n) is 11.5. The molecule has 1 N–H and O–H groups in total. The van der Waals surface area contributed by atoms with Crippen molar-refractivity contribution in [1.82, 2.24) is 5.32 Å². The van der Waals surface area contributed by atoms with Gasteiger partial charge in [-0.3, -0.25) is 0 Å². The van der Waals surface area contributed by atoms with Crippen LogP contribution in [0.3, 0.4) is 0 Å². The molecule has 0 spiro atoms. The average molecular weight is 744 g/mol. The van der Waals surface area contributed by atoms with Crippen LogP contribution < -0.4 is 5.32 Å². The zero-order valence-corrected chi connectivity index (χ0v) is 31.2. The van der Waals surface area contributed by atoms with Gasteiger partial charge in [0.1, 0.15) is 34.0 Å². The first-order valence-electron chi connectivity index (χ1n) is 19.6. The number of benzene rings is 9. The molecule has 58 heavy (non-hydrogen) atoms. The van der Waals surface area contributed by atoms with E-state index in [9.17, 15) is 0 Å². The first-order chi connectivity index (χ1) is 28.7. The summed E-state index contributed by atoms with van der Waals surface area (Å²) < 4.78 is 13.0. The maximum atomic E-state index is 6.67. The smallest absolute Gasteiger partial charge is 0.170 e. The van der Waals surface area contributed by atoms with Gasteiger partial charge in [-0.05, 0) is 86.3 Å². The number of hydrogen-bond acceptors (Lipinski definition) is 5. The number of fused-ring (bicyclic) bond motifs is 8. The summed E-state index contributed by atoms with van der Waals surface area (Å²) in [5.74, 6) is 1.46. The lowest BCUT2D eigenvalue weighted by atomic mass is 9.90. The van der Waals surface area contributed by atoms with Gasteiger partial charge in [-0.25, -0.2) is 9.98 Å². The Morgan fingerprint density at radius 1 is 0.362 bits per heavy atom.